The zero-order valence-corrected chi connectivity index (χ0v) is 13.8. The van der Waals surface area contributed by atoms with E-state index >= 15 is 0 Å². The number of ether oxygens (including phenoxy) is 1. The molecule has 112 valence electrons. The Bertz CT molecular complexity index is 571. The first-order chi connectivity index (χ1) is 9.45. The molecule has 2 N–H and O–H groups in total. The van der Waals surface area contributed by atoms with Gasteiger partial charge in [0, 0.05) is 29.9 Å². The van der Waals surface area contributed by atoms with E-state index in [-0.39, 0.29) is 10.8 Å². The Labute approximate surface area is 128 Å². The summed E-state index contributed by atoms with van der Waals surface area (Å²) in [5.41, 5.74) is 6.20. The highest BCUT2D eigenvalue weighted by atomic mass is 79.9. The highest BCUT2D eigenvalue weighted by molar-refractivity contribution is 9.10. The van der Waals surface area contributed by atoms with Crippen LogP contribution < -0.4 is 5.73 Å². The van der Waals surface area contributed by atoms with Crippen molar-refractivity contribution in [2.45, 2.75) is 18.2 Å². The van der Waals surface area contributed by atoms with Crippen molar-refractivity contribution in [3.8, 4) is 0 Å². The van der Waals surface area contributed by atoms with Crippen LogP contribution in [-0.4, -0.2) is 39.0 Å². The molecular formula is C13H19BrN2O3S. The van der Waals surface area contributed by atoms with Gasteiger partial charge < -0.3 is 10.5 Å². The van der Waals surface area contributed by atoms with Crippen molar-refractivity contribution in [3.63, 3.8) is 0 Å². The SMILES string of the molecule is CCN(CC1CCOC1)S(=O)(=O)c1ccc(Br)c(N)c1. The van der Waals surface area contributed by atoms with E-state index in [4.69, 9.17) is 10.5 Å². The Morgan fingerprint density at radius 3 is 2.80 bits per heavy atom. The smallest absolute Gasteiger partial charge is 0.243 e. The largest absolute Gasteiger partial charge is 0.398 e. The van der Waals surface area contributed by atoms with Crippen LogP contribution in [0.3, 0.4) is 0 Å². The average Bonchev–Trinajstić information content (AvgIpc) is 2.91. The van der Waals surface area contributed by atoms with Crippen molar-refractivity contribution in [1.29, 1.82) is 0 Å². The number of benzene rings is 1. The van der Waals surface area contributed by atoms with Crippen molar-refractivity contribution >= 4 is 31.6 Å². The molecule has 1 aliphatic heterocycles. The van der Waals surface area contributed by atoms with Crippen molar-refractivity contribution in [2.24, 2.45) is 5.92 Å². The lowest BCUT2D eigenvalue weighted by Gasteiger charge is -2.23. The molecule has 0 aromatic heterocycles. The van der Waals surface area contributed by atoms with Gasteiger partial charge in [-0.05, 0) is 46.5 Å². The van der Waals surface area contributed by atoms with Crippen molar-refractivity contribution < 1.29 is 13.2 Å². The Morgan fingerprint density at radius 2 is 2.25 bits per heavy atom. The van der Waals surface area contributed by atoms with Gasteiger partial charge in [-0.25, -0.2) is 8.42 Å². The van der Waals surface area contributed by atoms with E-state index in [1.807, 2.05) is 6.92 Å². The zero-order valence-electron chi connectivity index (χ0n) is 11.4. The number of anilines is 1. The Kier molecular flexibility index (Phi) is 5.06. The minimum atomic E-state index is -3.50. The summed E-state index contributed by atoms with van der Waals surface area (Å²) in [5, 5.41) is 0. The summed E-state index contributed by atoms with van der Waals surface area (Å²) in [6.45, 7) is 4.13. The first kappa shape index (κ1) is 15.8. The van der Waals surface area contributed by atoms with Gasteiger partial charge in [0.2, 0.25) is 10.0 Å². The molecule has 1 aromatic rings. The molecule has 1 aromatic carbocycles. The lowest BCUT2D eigenvalue weighted by molar-refractivity contribution is 0.181. The molecule has 0 bridgehead atoms. The van der Waals surface area contributed by atoms with Crippen LogP contribution >= 0.6 is 15.9 Å². The molecule has 5 nitrogen and oxygen atoms in total. The highest BCUT2D eigenvalue weighted by Crippen LogP contribution is 2.26. The number of sulfonamides is 1. The zero-order chi connectivity index (χ0) is 14.8. The van der Waals surface area contributed by atoms with Crippen molar-refractivity contribution in [3.05, 3.63) is 22.7 Å². The van der Waals surface area contributed by atoms with Gasteiger partial charge in [-0.3, -0.25) is 0 Å². The van der Waals surface area contributed by atoms with Gasteiger partial charge in [-0.2, -0.15) is 4.31 Å². The quantitative estimate of drug-likeness (QED) is 0.813. The predicted octanol–water partition coefficient (Wildman–Crippen LogP) is 2.08. The number of halogens is 1. The number of rotatable bonds is 5. The molecule has 1 unspecified atom stereocenters. The van der Waals surface area contributed by atoms with Crippen LogP contribution in [0.1, 0.15) is 13.3 Å². The minimum Gasteiger partial charge on any atom is -0.398 e. The number of hydrogen-bond acceptors (Lipinski definition) is 4. The van der Waals surface area contributed by atoms with Crippen LogP contribution in [0.15, 0.2) is 27.6 Å². The van der Waals surface area contributed by atoms with Gasteiger partial charge in [0.05, 0.1) is 11.5 Å². The Balaban J connectivity index is 2.23. The number of nitrogen functional groups attached to an aromatic ring is 1. The average molecular weight is 363 g/mol. The fourth-order valence-corrected chi connectivity index (χ4v) is 4.05. The van der Waals surface area contributed by atoms with Crippen LogP contribution in [0.25, 0.3) is 0 Å². The predicted molar refractivity (Wildman–Crippen MR) is 81.9 cm³/mol. The van der Waals surface area contributed by atoms with E-state index in [9.17, 15) is 8.42 Å². The highest BCUT2D eigenvalue weighted by Gasteiger charge is 2.28. The summed E-state index contributed by atoms with van der Waals surface area (Å²) < 4.78 is 32.8. The summed E-state index contributed by atoms with van der Waals surface area (Å²) in [6, 6.07) is 4.73. The van der Waals surface area contributed by atoms with Crippen LogP contribution in [0.2, 0.25) is 0 Å². The number of hydrogen-bond donors (Lipinski definition) is 1. The van der Waals surface area contributed by atoms with Gasteiger partial charge in [0.15, 0.2) is 0 Å². The van der Waals surface area contributed by atoms with Crippen LogP contribution in [0.5, 0.6) is 0 Å². The molecule has 0 spiro atoms. The molecule has 0 aliphatic carbocycles. The summed E-state index contributed by atoms with van der Waals surface area (Å²) in [6.07, 6.45) is 0.911. The van der Waals surface area contributed by atoms with Crippen LogP contribution in [0, 0.1) is 5.92 Å². The lowest BCUT2D eigenvalue weighted by atomic mass is 10.1. The topological polar surface area (TPSA) is 72.6 Å². The lowest BCUT2D eigenvalue weighted by Crippen LogP contribution is -2.35. The summed E-state index contributed by atoms with van der Waals surface area (Å²) in [7, 11) is -3.50. The second-order valence-electron chi connectivity index (χ2n) is 4.87. The van der Waals surface area contributed by atoms with Crippen LogP contribution in [0.4, 0.5) is 5.69 Å². The van der Waals surface area contributed by atoms with E-state index in [0.717, 1.165) is 6.42 Å². The number of nitrogens with two attached hydrogens (primary N) is 1. The minimum absolute atomic E-state index is 0.235. The summed E-state index contributed by atoms with van der Waals surface area (Å²) in [4.78, 5) is 0.235. The molecule has 1 saturated heterocycles. The molecule has 1 fully saturated rings. The van der Waals surface area contributed by atoms with E-state index in [2.05, 4.69) is 15.9 Å². The molecule has 0 saturated carbocycles. The Morgan fingerprint density at radius 1 is 1.50 bits per heavy atom. The molecular weight excluding hydrogens is 344 g/mol. The van der Waals surface area contributed by atoms with E-state index < -0.39 is 10.0 Å². The van der Waals surface area contributed by atoms with Gasteiger partial charge in [0.25, 0.3) is 0 Å². The van der Waals surface area contributed by atoms with Crippen LogP contribution in [-0.2, 0) is 14.8 Å². The fraction of sp³-hybridized carbons (Fsp3) is 0.538. The van der Waals surface area contributed by atoms with Gasteiger partial charge >= 0.3 is 0 Å². The second-order valence-corrected chi connectivity index (χ2v) is 7.66. The van der Waals surface area contributed by atoms with E-state index in [1.165, 1.54) is 10.4 Å². The summed E-state index contributed by atoms with van der Waals surface area (Å²) in [5.74, 6) is 0.275. The monoisotopic (exact) mass is 362 g/mol. The molecule has 1 atom stereocenters. The summed E-state index contributed by atoms with van der Waals surface area (Å²) >= 11 is 3.27. The fourth-order valence-electron chi connectivity index (χ4n) is 2.24. The normalized spacial score (nSPS) is 19.6. The third-order valence-electron chi connectivity index (χ3n) is 3.44. The molecule has 1 aliphatic rings. The molecule has 20 heavy (non-hydrogen) atoms. The number of nitrogens with zero attached hydrogens (tertiary/aromatic N) is 1. The Hall–Kier alpha value is -0.630. The van der Waals surface area contributed by atoms with Gasteiger partial charge in [-0.1, -0.05) is 6.92 Å². The van der Waals surface area contributed by atoms with Crippen molar-refractivity contribution in [2.75, 3.05) is 32.0 Å². The maximum Gasteiger partial charge on any atom is 0.243 e. The molecule has 1 heterocycles. The van der Waals surface area contributed by atoms with Crippen molar-refractivity contribution in [1.82, 2.24) is 4.31 Å². The maximum absolute atomic E-state index is 12.6. The standard InChI is InChI=1S/C13H19BrN2O3S/c1-2-16(8-10-5-6-19-9-10)20(17,18)11-3-4-12(14)13(15)7-11/h3-4,7,10H,2,5-6,8-9,15H2,1H3. The van der Waals surface area contributed by atoms with E-state index in [0.29, 0.717) is 36.5 Å². The van der Waals surface area contributed by atoms with E-state index in [1.54, 1.807) is 12.1 Å². The maximum atomic E-state index is 12.6. The van der Waals surface area contributed by atoms with Gasteiger partial charge in [0.1, 0.15) is 0 Å². The first-order valence-electron chi connectivity index (χ1n) is 6.58. The molecule has 0 radical (unpaired) electrons. The first-order valence-corrected chi connectivity index (χ1v) is 8.81. The molecule has 7 heteroatoms. The second kappa shape index (κ2) is 6.43. The third kappa shape index (κ3) is 3.33. The molecule has 0 amide bonds. The van der Waals surface area contributed by atoms with Gasteiger partial charge in [-0.15, -0.1) is 0 Å². The molecule has 2 rings (SSSR count). The third-order valence-corrected chi connectivity index (χ3v) is 6.10.